The second-order valence-corrected chi connectivity index (χ2v) is 10.0. The summed E-state index contributed by atoms with van der Waals surface area (Å²) >= 11 is 0. The number of fused-ring (bicyclic) bond motifs is 3. The number of esters is 1. The molecule has 0 aromatic rings. The molecule has 8 heteroatoms. The van der Waals surface area contributed by atoms with E-state index >= 15 is 0 Å². The summed E-state index contributed by atoms with van der Waals surface area (Å²) in [6, 6.07) is 0. The molecule has 0 aromatic carbocycles. The van der Waals surface area contributed by atoms with Gasteiger partial charge in [0.15, 0.2) is 6.29 Å². The number of cyclic esters (lactones) is 1. The third-order valence-electron chi connectivity index (χ3n) is 6.77. The Labute approximate surface area is 207 Å². The van der Waals surface area contributed by atoms with Crippen LogP contribution in [0.2, 0.25) is 0 Å². The van der Waals surface area contributed by atoms with Crippen molar-refractivity contribution in [1.29, 1.82) is 0 Å². The second-order valence-electron chi connectivity index (χ2n) is 10.0. The van der Waals surface area contributed by atoms with Crippen molar-refractivity contribution in [3.05, 3.63) is 48.6 Å². The Balaban J connectivity index is 1.44. The Bertz CT molecular complexity index is 814. The molecule has 0 radical (unpaired) electrons. The van der Waals surface area contributed by atoms with E-state index in [4.69, 9.17) is 23.7 Å². The van der Waals surface area contributed by atoms with Crippen LogP contribution in [-0.4, -0.2) is 78.4 Å². The largest absolute Gasteiger partial charge is 0.456 e. The van der Waals surface area contributed by atoms with E-state index < -0.39 is 30.6 Å². The molecule has 0 aliphatic carbocycles. The minimum Gasteiger partial charge on any atom is -0.456 e. The average Bonchev–Trinajstić information content (AvgIpc) is 3.38. The van der Waals surface area contributed by atoms with E-state index in [1.54, 1.807) is 12.2 Å². The molecule has 5 unspecified atom stereocenters. The van der Waals surface area contributed by atoms with Gasteiger partial charge < -0.3 is 33.9 Å². The molecule has 0 saturated carbocycles. The van der Waals surface area contributed by atoms with Crippen molar-refractivity contribution in [3.63, 3.8) is 0 Å². The predicted molar refractivity (Wildman–Crippen MR) is 128 cm³/mol. The normalized spacial score (nSPS) is 39.5. The van der Waals surface area contributed by atoms with Crippen molar-refractivity contribution in [1.82, 2.24) is 0 Å². The van der Waals surface area contributed by atoms with Crippen molar-refractivity contribution < 1.29 is 38.7 Å². The van der Waals surface area contributed by atoms with E-state index in [2.05, 4.69) is 19.6 Å². The third kappa shape index (κ3) is 8.10. The van der Waals surface area contributed by atoms with Gasteiger partial charge in [-0.15, -0.1) is 0 Å². The first-order valence-corrected chi connectivity index (χ1v) is 12.7. The van der Waals surface area contributed by atoms with Crippen LogP contribution in [0.5, 0.6) is 0 Å². The van der Waals surface area contributed by atoms with Crippen LogP contribution >= 0.6 is 0 Å². The highest BCUT2D eigenvalue weighted by molar-refractivity contribution is 5.82. The second kappa shape index (κ2) is 12.4. The molecule has 8 atom stereocenters. The SMILES string of the molecule is C=C1CC(C)C[C@@H]2CC=CC(C/C=C\C(=O)OC(C(O)/C=C/C3OCCO3)C[C@@H]3OC3[C@@H](O)C1)O2. The van der Waals surface area contributed by atoms with E-state index in [1.807, 2.05) is 6.08 Å². The van der Waals surface area contributed by atoms with Crippen molar-refractivity contribution in [3.8, 4) is 0 Å². The van der Waals surface area contributed by atoms with Crippen LogP contribution < -0.4 is 0 Å². The first kappa shape index (κ1) is 26.3. The fourth-order valence-electron chi connectivity index (χ4n) is 5.01. The van der Waals surface area contributed by atoms with Crippen LogP contribution in [0.4, 0.5) is 0 Å². The molecule has 2 bridgehead atoms. The Morgan fingerprint density at radius 2 is 1.91 bits per heavy atom. The summed E-state index contributed by atoms with van der Waals surface area (Å²) in [4.78, 5) is 12.5. The number of aliphatic hydroxyl groups excluding tert-OH is 2. The van der Waals surface area contributed by atoms with Gasteiger partial charge in [-0.05, 0) is 44.1 Å². The van der Waals surface area contributed by atoms with Crippen molar-refractivity contribution in [2.45, 2.75) is 94.5 Å². The van der Waals surface area contributed by atoms with E-state index in [1.165, 1.54) is 12.2 Å². The first-order valence-electron chi connectivity index (χ1n) is 12.7. The van der Waals surface area contributed by atoms with Crippen LogP contribution in [0.3, 0.4) is 0 Å². The maximum absolute atomic E-state index is 12.5. The van der Waals surface area contributed by atoms with Crippen molar-refractivity contribution >= 4 is 5.97 Å². The fraction of sp³-hybridized carbons (Fsp3) is 0.667. The van der Waals surface area contributed by atoms with E-state index in [-0.39, 0.29) is 30.8 Å². The fourth-order valence-corrected chi connectivity index (χ4v) is 5.01. The molecule has 2 saturated heterocycles. The van der Waals surface area contributed by atoms with Crippen LogP contribution in [0.1, 0.15) is 45.4 Å². The van der Waals surface area contributed by atoms with Crippen molar-refractivity contribution in [2.24, 2.45) is 5.92 Å². The molecule has 194 valence electrons. The van der Waals surface area contributed by atoms with Gasteiger partial charge in [-0.3, -0.25) is 0 Å². The van der Waals surface area contributed by atoms with Crippen LogP contribution in [0.25, 0.3) is 0 Å². The lowest BCUT2D eigenvalue weighted by atomic mass is 9.91. The number of carbonyl (C=O) groups excluding carboxylic acids is 1. The average molecular weight is 491 g/mol. The molecule has 4 heterocycles. The highest BCUT2D eigenvalue weighted by atomic mass is 16.7. The summed E-state index contributed by atoms with van der Waals surface area (Å²) < 4.78 is 28.2. The lowest BCUT2D eigenvalue weighted by Crippen LogP contribution is -2.32. The highest BCUT2D eigenvalue weighted by Gasteiger charge is 2.46. The number of aliphatic hydroxyl groups is 2. The number of hydrogen-bond acceptors (Lipinski definition) is 8. The molecule has 0 aromatic heterocycles. The predicted octanol–water partition coefficient (Wildman–Crippen LogP) is 2.74. The lowest BCUT2D eigenvalue weighted by Gasteiger charge is -2.28. The number of carbonyl (C=O) groups is 1. The van der Waals surface area contributed by atoms with Crippen LogP contribution in [0, 0.1) is 5.92 Å². The zero-order chi connectivity index (χ0) is 24.8. The zero-order valence-electron chi connectivity index (χ0n) is 20.4. The monoisotopic (exact) mass is 490 g/mol. The maximum atomic E-state index is 12.5. The van der Waals surface area contributed by atoms with Gasteiger partial charge in [0.05, 0.1) is 37.6 Å². The molecule has 4 rings (SSSR count). The van der Waals surface area contributed by atoms with Gasteiger partial charge in [-0.2, -0.15) is 0 Å². The summed E-state index contributed by atoms with van der Waals surface area (Å²) in [5, 5.41) is 21.4. The molecule has 0 amide bonds. The number of hydrogen-bond donors (Lipinski definition) is 2. The van der Waals surface area contributed by atoms with Gasteiger partial charge in [0.2, 0.25) is 0 Å². The van der Waals surface area contributed by atoms with Crippen LogP contribution in [-0.2, 0) is 28.5 Å². The Morgan fingerprint density at radius 3 is 2.71 bits per heavy atom. The quantitative estimate of drug-likeness (QED) is 0.353. The third-order valence-corrected chi connectivity index (χ3v) is 6.77. The Kier molecular flexibility index (Phi) is 9.33. The molecular weight excluding hydrogens is 452 g/mol. The standard InChI is InChI=1S/C27H38O8/c1-17-13-18(2)15-22(29)27-24(35-27)16-23(21(28)9-10-26-31-11-12-32-26)34-25(30)8-4-6-19-5-3-7-20(14-17)33-19/h3-5,8-10,17,19-24,26-29H,2,6-7,11-16H2,1H3/b8-4-,10-9+/t17?,19?,20-,21?,22-,23?,24-,27?/m0/s1. The Morgan fingerprint density at radius 1 is 1.11 bits per heavy atom. The number of ether oxygens (including phenoxy) is 5. The van der Waals surface area contributed by atoms with Gasteiger partial charge in [-0.1, -0.05) is 43.4 Å². The molecule has 4 aliphatic rings. The smallest absolute Gasteiger partial charge is 0.330 e. The van der Waals surface area contributed by atoms with Crippen LogP contribution in [0.15, 0.2) is 48.6 Å². The zero-order valence-corrected chi connectivity index (χ0v) is 20.4. The molecule has 0 spiro atoms. The van der Waals surface area contributed by atoms with E-state index in [0.29, 0.717) is 32.0 Å². The molecule has 35 heavy (non-hydrogen) atoms. The van der Waals surface area contributed by atoms with Gasteiger partial charge in [-0.25, -0.2) is 4.79 Å². The van der Waals surface area contributed by atoms with E-state index in [0.717, 1.165) is 24.8 Å². The van der Waals surface area contributed by atoms with Gasteiger partial charge in [0.25, 0.3) is 0 Å². The summed E-state index contributed by atoms with van der Waals surface area (Å²) in [5.74, 6) is -0.167. The summed E-state index contributed by atoms with van der Waals surface area (Å²) in [5.41, 5.74) is 0.980. The van der Waals surface area contributed by atoms with Gasteiger partial charge in [0.1, 0.15) is 18.3 Å². The molecular formula is C27H38O8. The first-order chi connectivity index (χ1) is 16.9. The number of epoxide rings is 1. The highest BCUT2D eigenvalue weighted by Crippen LogP contribution is 2.34. The molecule has 2 N–H and O–H groups in total. The summed E-state index contributed by atoms with van der Waals surface area (Å²) in [6.07, 6.45) is 10.5. The lowest BCUT2D eigenvalue weighted by molar-refractivity contribution is -0.148. The molecule has 2 fully saturated rings. The minimum atomic E-state index is -1.08. The topological polar surface area (TPSA) is 107 Å². The molecule has 8 nitrogen and oxygen atoms in total. The van der Waals surface area contributed by atoms with Crippen molar-refractivity contribution in [2.75, 3.05) is 13.2 Å². The number of rotatable bonds is 3. The molecule has 4 aliphatic heterocycles. The summed E-state index contributed by atoms with van der Waals surface area (Å²) in [7, 11) is 0. The van der Waals surface area contributed by atoms with Gasteiger partial charge >= 0.3 is 5.97 Å². The summed E-state index contributed by atoms with van der Waals surface area (Å²) in [6.45, 7) is 7.34. The minimum absolute atomic E-state index is 0.0924. The Hall–Kier alpha value is -1.81. The van der Waals surface area contributed by atoms with E-state index in [9.17, 15) is 15.0 Å². The van der Waals surface area contributed by atoms with Gasteiger partial charge in [0, 0.05) is 12.5 Å². The maximum Gasteiger partial charge on any atom is 0.330 e.